The summed E-state index contributed by atoms with van der Waals surface area (Å²) in [6.45, 7) is 0. The van der Waals surface area contributed by atoms with Crippen molar-refractivity contribution < 1.29 is 39.6 Å². The topological polar surface area (TPSA) is 253 Å². The smallest absolute Gasteiger partial charge is 0.354 e. The van der Waals surface area contributed by atoms with Gasteiger partial charge in [-0.15, -0.1) is 0 Å². The molecule has 0 radical (unpaired) electrons. The molecule has 226 valence electrons. The van der Waals surface area contributed by atoms with Crippen LogP contribution in [0.2, 0.25) is 0 Å². The highest BCUT2D eigenvalue weighted by Crippen LogP contribution is 2.32. The minimum Gasteiger partial charge on any atom is -0.477 e. The van der Waals surface area contributed by atoms with E-state index in [-0.39, 0.29) is 71.2 Å². The molecule has 0 amide bonds. The number of hydrogen-bond acceptors (Lipinski definition) is 10. The standard InChI is InChI=1S/C30H28N6O8/c31-29(13-17-5-1-9-21(33-17)25(37)38,14-18-6-2-10-22(34-18)26(39)40)30(32,15-19-7-3-11-23(35-19)27(41)42)16-20-8-4-12-24(36-20)28(43)44/h1-12H,13-16,31-32H2,(H,37,38)(H,39,40)(H,41,42)(H,43,44). The Morgan fingerprint density at radius 3 is 0.841 bits per heavy atom. The maximum atomic E-state index is 11.7. The Kier molecular flexibility index (Phi) is 9.06. The number of carbonyl (C=O) groups is 4. The van der Waals surface area contributed by atoms with E-state index in [4.69, 9.17) is 11.5 Å². The van der Waals surface area contributed by atoms with E-state index in [2.05, 4.69) is 19.9 Å². The predicted octanol–water partition coefficient (Wildman–Crippen LogP) is 1.73. The van der Waals surface area contributed by atoms with Crippen LogP contribution in [-0.4, -0.2) is 75.3 Å². The van der Waals surface area contributed by atoms with Gasteiger partial charge >= 0.3 is 23.9 Å². The van der Waals surface area contributed by atoms with Gasteiger partial charge in [0.05, 0.1) is 0 Å². The van der Waals surface area contributed by atoms with E-state index in [1.807, 2.05) is 0 Å². The molecule has 0 bridgehead atoms. The third kappa shape index (κ3) is 7.24. The molecule has 0 aliphatic rings. The van der Waals surface area contributed by atoms with Crippen LogP contribution in [-0.2, 0) is 25.7 Å². The van der Waals surface area contributed by atoms with Gasteiger partial charge in [-0.05, 0) is 48.5 Å². The molecule has 0 unspecified atom stereocenters. The average molecular weight is 601 g/mol. The first-order valence-corrected chi connectivity index (χ1v) is 13.1. The Bertz CT molecular complexity index is 1500. The Hall–Kier alpha value is -5.60. The average Bonchev–Trinajstić information content (AvgIpc) is 2.97. The molecule has 0 saturated carbocycles. The zero-order chi connectivity index (χ0) is 32.1. The molecule has 4 aromatic heterocycles. The lowest BCUT2D eigenvalue weighted by molar-refractivity contribution is 0.0678. The van der Waals surface area contributed by atoms with Crippen molar-refractivity contribution >= 4 is 23.9 Å². The molecule has 14 nitrogen and oxygen atoms in total. The molecule has 0 aliphatic carbocycles. The number of nitrogens with zero attached hydrogens (tertiary/aromatic N) is 4. The second-order valence-corrected chi connectivity index (χ2v) is 10.3. The van der Waals surface area contributed by atoms with Crippen LogP contribution in [0.25, 0.3) is 0 Å². The molecule has 4 heterocycles. The number of aromatic nitrogens is 4. The van der Waals surface area contributed by atoms with Crippen molar-refractivity contribution in [3.05, 3.63) is 118 Å². The molecule has 0 saturated heterocycles. The second kappa shape index (κ2) is 12.7. The monoisotopic (exact) mass is 600 g/mol. The van der Waals surface area contributed by atoms with E-state index < -0.39 is 35.0 Å². The molecular weight excluding hydrogens is 572 g/mol. The summed E-state index contributed by atoms with van der Waals surface area (Å²) in [4.78, 5) is 63.5. The second-order valence-electron chi connectivity index (χ2n) is 10.3. The van der Waals surface area contributed by atoms with Gasteiger partial charge in [-0.1, -0.05) is 24.3 Å². The molecule has 0 fully saturated rings. The fourth-order valence-corrected chi connectivity index (χ4v) is 4.91. The van der Waals surface area contributed by atoms with Crippen molar-refractivity contribution in [2.45, 2.75) is 36.8 Å². The summed E-state index contributed by atoms with van der Waals surface area (Å²) in [7, 11) is 0. The first-order valence-electron chi connectivity index (χ1n) is 13.1. The summed E-state index contributed by atoms with van der Waals surface area (Å²) >= 11 is 0. The Balaban J connectivity index is 1.91. The lowest BCUT2D eigenvalue weighted by Crippen LogP contribution is -2.70. The Labute approximate surface area is 250 Å². The number of hydrogen-bond donors (Lipinski definition) is 6. The van der Waals surface area contributed by atoms with E-state index in [1.165, 1.54) is 48.5 Å². The van der Waals surface area contributed by atoms with E-state index in [9.17, 15) is 39.6 Å². The minimum atomic E-state index is -1.61. The fraction of sp³-hybridized carbons (Fsp3) is 0.200. The summed E-state index contributed by atoms with van der Waals surface area (Å²) < 4.78 is 0. The number of pyridine rings is 4. The minimum absolute atomic E-state index is 0.152. The van der Waals surface area contributed by atoms with Gasteiger partial charge in [0.2, 0.25) is 0 Å². The van der Waals surface area contributed by atoms with Crippen LogP contribution in [0.5, 0.6) is 0 Å². The van der Waals surface area contributed by atoms with Crippen LogP contribution >= 0.6 is 0 Å². The number of carboxylic acid groups (broad SMARTS) is 4. The predicted molar refractivity (Wildman–Crippen MR) is 153 cm³/mol. The third-order valence-corrected chi connectivity index (χ3v) is 7.08. The number of aromatic carboxylic acids is 4. The van der Waals surface area contributed by atoms with Crippen LogP contribution in [0, 0.1) is 0 Å². The highest BCUT2D eigenvalue weighted by atomic mass is 16.4. The molecular formula is C30H28N6O8. The molecule has 0 aromatic carbocycles. The molecule has 8 N–H and O–H groups in total. The maximum absolute atomic E-state index is 11.7. The van der Waals surface area contributed by atoms with Gasteiger partial charge in [-0.2, -0.15) is 0 Å². The summed E-state index contributed by atoms with van der Waals surface area (Å²) in [5, 5.41) is 38.1. The van der Waals surface area contributed by atoms with Crippen molar-refractivity contribution in [1.82, 2.24) is 19.9 Å². The highest BCUT2D eigenvalue weighted by Gasteiger charge is 2.47. The van der Waals surface area contributed by atoms with Crippen LogP contribution in [0.1, 0.15) is 64.7 Å². The molecule has 44 heavy (non-hydrogen) atoms. The highest BCUT2D eigenvalue weighted by molar-refractivity contribution is 5.86. The van der Waals surface area contributed by atoms with Crippen molar-refractivity contribution in [3.63, 3.8) is 0 Å². The van der Waals surface area contributed by atoms with Crippen LogP contribution < -0.4 is 11.5 Å². The summed E-state index contributed by atoms with van der Waals surface area (Å²) in [6.07, 6.45) is -0.608. The first-order chi connectivity index (χ1) is 20.8. The van der Waals surface area contributed by atoms with Crippen molar-refractivity contribution in [2.75, 3.05) is 0 Å². The summed E-state index contributed by atoms with van der Waals surface area (Å²) in [5.74, 6) is -5.08. The largest absolute Gasteiger partial charge is 0.477 e. The van der Waals surface area contributed by atoms with E-state index in [0.29, 0.717) is 0 Å². The first kappa shape index (κ1) is 31.3. The van der Waals surface area contributed by atoms with E-state index >= 15 is 0 Å². The van der Waals surface area contributed by atoms with Crippen LogP contribution in [0.3, 0.4) is 0 Å². The molecule has 0 spiro atoms. The molecule has 14 heteroatoms. The van der Waals surface area contributed by atoms with Gasteiger partial charge in [-0.3, -0.25) is 0 Å². The fourth-order valence-electron chi connectivity index (χ4n) is 4.91. The zero-order valence-corrected chi connectivity index (χ0v) is 23.1. The van der Waals surface area contributed by atoms with Gasteiger partial charge in [0, 0.05) is 59.5 Å². The van der Waals surface area contributed by atoms with Crippen molar-refractivity contribution in [3.8, 4) is 0 Å². The van der Waals surface area contributed by atoms with E-state index in [1.54, 1.807) is 24.3 Å². The van der Waals surface area contributed by atoms with Crippen molar-refractivity contribution in [1.29, 1.82) is 0 Å². The molecule has 0 atom stereocenters. The number of rotatable bonds is 13. The molecule has 4 aromatic rings. The SMILES string of the molecule is NC(Cc1cccc(C(=O)O)n1)(Cc1cccc(C(=O)O)n1)C(N)(Cc1cccc(C(=O)O)n1)Cc1cccc(C(=O)O)n1. The van der Waals surface area contributed by atoms with E-state index in [0.717, 1.165) is 0 Å². The zero-order valence-electron chi connectivity index (χ0n) is 23.1. The van der Waals surface area contributed by atoms with Gasteiger partial charge < -0.3 is 31.9 Å². The van der Waals surface area contributed by atoms with Crippen LogP contribution in [0.4, 0.5) is 0 Å². The Morgan fingerprint density at radius 1 is 0.455 bits per heavy atom. The lowest BCUT2D eigenvalue weighted by atomic mass is 9.67. The Morgan fingerprint density at radius 2 is 0.659 bits per heavy atom. The number of nitrogens with two attached hydrogens (primary N) is 2. The maximum Gasteiger partial charge on any atom is 0.354 e. The quantitative estimate of drug-likeness (QED) is 0.128. The lowest BCUT2D eigenvalue weighted by Gasteiger charge is -2.46. The molecule has 0 aliphatic heterocycles. The van der Waals surface area contributed by atoms with Gasteiger partial charge in [0.15, 0.2) is 0 Å². The van der Waals surface area contributed by atoms with Crippen LogP contribution in [0.15, 0.2) is 72.8 Å². The van der Waals surface area contributed by atoms with Gasteiger partial charge in [0.1, 0.15) is 22.8 Å². The molecule has 4 rings (SSSR count). The van der Waals surface area contributed by atoms with Gasteiger partial charge in [-0.25, -0.2) is 39.1 Å². The summed E-state index contributed by atoms with van der Waals surface area (Å²) in [5.41, 5.74) is 11.2. The van der Waals surface area contributed by atoms with Gasteiger partial charge in [0.25, 0.3) is 0 Å². The van der Waals surface area contributed by atoms with Crippen molar-refractivity contribution in [2.24, 2.45) is 11.5 Å². The summed E-state index contributed by atoms with van der Waals surface area (Å²) in [6, 6.07) is 17.4. The number of carboxylic acids is 4. The normalized spacial score (nSPS) is 11.6. The third-order valence-electron chi connectivity index (χ3n) is 7.08.